The van der Waals surface area contributed by atoms with Gasteiger partial charge in [0.15, 0.2) is 0 Å². The van der Waals surface area contributed by atoms with E-state index in [4.69, 9.17) is 9.85 Å². The van der Waals surface area contributed by atoms with Crippen molar-refractivity contribution in [3.05, 3.63) is 0 Å². The van der Waals surface area contributed by atoms with Crippen LogP contribution in [0.25, 0.3) is 0 Å². The largest absolute Gasteiger partial charge is 0.465 e. The standard InChI is InChI=1S/C5H11NO2/c1-3-8-5(7)4(2)6/h4H,3,6H2,1-2H3/t4-/m0/s1/i2D3. The zero-order chi connectivity index (χ0) is 9.07. The summed E-state index contributed by atoms with van der Waals surface area (Å²) in [5.74, 6) is -0.882. The van der Waals surface area contributed by atoms with E-state index in [0.717, 1.165) is 0 Å². The van der Waals surface area contributed by atoms with Crippen molar-refractivity contribution in [3.8, 4) is 0 Å². The summed E-state index contributed by atoms with van der Waals surface area (Å²) in [6.45, 7) is -0.737. The van der Waals surface area contributed by atoms with Gasteiger partial charge < -0.3 is 10.5 Å². The molecule has 0 saturated carbocycles. The summed E-state index contributed by atoms with van der Waals surface area (Å²) >= 11 is 0. The molecule has 2 N–H and O–H groups in total. The first-order chi connectivity index (χ1) is 4.89. The molecule has 1 atom stereocenters. The van der Waals surface area contributed by atoms with Crippen LogP contribution in [0.15, 0.2) is 0 Å². The molecule has 0 rings (SSSR count). The lowest BCUT2D eigenvalue weighted by Crippen LogP contribution is -2.28. The van der Waals surface area contributed by atoms with Crippen LogP contribution in [0.5, 0.6) is 0 Å². The van der Waals surface area contributed by atoms with Gasteiger partial charge in [-0.2, -0.15) is 0 Å². The van der Waals surface area contributed by atoms with E-state index in [9.17, 15) is 4.79 Å². The fraction of sp³-hybridized carbons (Fsp3) is 0.800. The van der Waals surface area contributed by atoms with Gasteiger partial charge in [-0.15, -0.1) is 0 Å². The van der Waals surface area contributed by atoms with E-state index in [-0.39, 0.29) is 6.61 Å². The van der Waals surface area contributed by atoms with E-state index < -0.39 is 18.9 Å². The number of hydrogen-bond donors (Lipinski definition) is 1. The fourth-order valence-corrected chi connectivity index (χ4v) is 0.232. The maximum absolute atomic E-state index is 10.7. The third-order valence-electron chi connectivity index (χ3n) is 0.541. The Morgan fingerprint density at radius 2 is 2.75 bits per heavy atom. The topological polar surface area (TPSA) is 52.3 Å². The minimum absolute atomic E-state index is 0.141. The van der Waals surface area contributed by atoms with Crippen LogP contribution in [-0.4, -0.2) is 18.6 Å². The van der Waals surface area contributed by atoms with Crippen molar-refractivity contribution in [1.82, 2.24) is 0 Å². The van der Waals surface area contributed by atoms with Gasteiger partial charge in [0.25, 0.3) is 0 Å². The Kier molecular flexibility index (Phi) is 1.48. The summed E-state index contributed by atoms with van der Waals surface area (Å²) in [6, 6.07) is -1.53. The highest BCUT2D eigenvalue weighted by molar-refractivity contribution is 5.74. The van der Waals surface area contributed by atoms with Crippen LogP contribution in [0.3, 0.4) is 0 Å². The number of rotatable bonds is 2. The van der Waals surface area contributed by atoms with E-state index in [0.29, 0.717) is 0 Å². The lowest BCUT2D eigenvalue weighted by atomic mass is 10.4. The molecule has 0 aliphatic rings. The van der Waals surface area contributed by atoms with Crippen LogP contribution in [0.4, 0.5) is 0 Å². The molecule has 0 aliphatic carbocycles. The van der Waals surface area contributed by atoms with Crippen molar-refractivity contribution in [3.63, 3.8) is 0 Å². The maximum Gasteiger partial charge on any atom is 0.322 e. The lowest BCUT2D eigenvalue weighted by molar-refractivity contribution is -0.144. The molecule has 0 aliphatic heterocycles. The van der Waals surface area contributed by atoms with Gasteiger partial charge in [0.2, 0.25) is 0 Å². The Hall–Kier alpha value is -0.570. The van der Waals surface area contributed by atoms with E-state index in [2.05, 4.69) is 4.74 Å². The smallest absolute Gasteiger partial charge is 0.322 e. The summed E-state index contributed by atoms with van der Waals surface area (Å²) in [4.78, 5) is 10.7. The Morgan fingerprint density at radius 1 is 2.12 bits per heavy atom. The van der Waals surface area contributed by atoms with E-state index in [1.54, 1.807) is 6.92 Å². The second kappa shape index (κ2) is 3.43. The lowest BCUT2D eigenvalue weighted by Gasteiger charge is -2.02. The minimum Gasteiger partial charge on any atom is -0.465 e. The minimum atomic E-state index is -2.47. The predicted molar refractivity (Wildman–Crippen MR) is 30.3 cm³/mol. The molecule has 0 heterocycles. The Bertz CT molecular complexity index is 145. The van der Waals surface area contributed by atoms with Crippen molar-refractivity contribution in [2.45, 2.75) is 19.8 Å². The van der Waals surface area contributed by atoms with Gasteiger partial charge in [0, 0.05) is 4.11 Å². The molecular weight excluding hydrogens is 106 g/mol. The van der Waals surface area contributed by atoms with Gasteiger partial charge in [-0.1, -0.05) is 0 Å². The number of esters is 1. The second-order valence-corrected chi connectivity index (χ2v) is 1.23. The molecule has 3 heteroatoms. The average molecular weight is 120 g/mol. The quantitative estimate of drug-likeness (QED) is 0.517. The zero-order valence-corrected chi connectivity index (χ0v) is 4.68. The van der Waals surface area contributed by atoms with Crippen LogP contribution in [0, 0.1) is 0 Å². The van der Waals surface area contributed by atoms with Gasteiger partial charge >= 0.3 is 5.97 Å². The molecule has 0 amide bonds. The molecule has 48 valence electrons. The summed E-state index contributed by atoms with van der Waals surface area (Å²) in [5, 5.41) is 0. The third-order valence-corrected chi connectivity index (χ3v) is 0.541. The molecule has 0 bridgehead atoms. The second-order valence-electron chi connectivity index (χ2n) is 1.23. The van der Waals surface area contributed by atoms with Crippen molar-refractivity contribution in [2.24, 2.45) is 5.73 Å². The van der Waals surface area contributed by atoms with Crippen LogP contribution < -0.4 is 5.73 Å². The van der Waals surface area contributed by atoms with E-state index >= 15 is 0 Å². The van der Waals surface area contributed by atoms with Crippen molar-refractivity contribution >= 4 is 5.97 Å². The number of nitrogens with two attached hydrogens (primary N) is 1. The van der Waals surface area contributed by atoms with E-state index in [1.165, 1.54) is 0 Å². The molecule has 0 saturated heterocycles. The molecule has 0 fully saturated rings. The molecular formula is C5H11NO2. The normalized spacial score (nSPS) is 20.0. The molecule has 3 nitrogen and oxygen atoms in total. The number of carbonyl (C=O) groups excluding carboxylic acids is 1. The predicted octanol–water partition coefficient (Wildman–Crippen LogP) is -0.103. The van der Waals surface area contributed by atoms with Crippen molar-refractivity contribution in [2.75, 3.05) is 6.61 Å². The monoisotopic (exact) mass is 120 g/mol. The molecule has 0 aromatic heterocycles. The molecule has 0 aromatic carbocycles. The van der Waals surface area contributed by atoms with Gasteiger partial charge in [-0.25, -0.2) is 0 Å². The van der Waals surface area contributed by atoms with Crippen LogP contribution in [-0.2, 0) is 9.53 Å². The first kappa shape index (κ1) is 3.45. The number of carbonyl (C=O) groups is 1. The summed E-state index contributed by atoms with van der Waals surface area (Å²) in [5.41, 5.74) is 5.04. The average Bonchev–Trinajstić information content (AvgIpc) is 1.85. The SMILES string of the molecule is [2H]C([2H])([2H])[C@H](N)C(=O)OCC. The molecule has 8 heavy (non-hydrogen) atoms. The highest BCUT2D eigenvalue weighted by Gasteiger charge is 2.05. The van der Waals surface area contributed by atoms with Gasteiger partial charge in [0.05, 0.1) is 6.61 Å². The first-order valence-electron chi connectivity index (χ1n) is 3.81. The molecule has 0 spiro atoms. The summed E-state index contributed by atoms with van der Waals surface area (Å²) in [7, 11) is 0. The third kappa shape index (κ3) is 2.58. The Morgan fingerprint density at radius 3 is 3.12 bits per heavy atom. The van der Waals surface area contributed by atoms with Crippen molar-refractivity contribution in [1.29, 1.82) is 0 Å². The molecule has 0 aromatic rings. The van der Waals surface area contributed by atoms with Gasteiger partial charge in [-0.05, 0) is 13.8 Å². The highest BCUT2D eigenvalue weighted by atomic mass is 16.5. The Balaban J connectivity index is 4.03. The summed E-state index contributed by atoms with van der Waals surface area (Å²) < 4.78 is 24.7. The molecule has 0 unspecified atom stereocenters. The maximum atomic E-state index is 10.7. The summed E-state index contributed by atoms with van der Waals surface area (Å²) in [6.07, 6.45) is 0. The highest BCUT2D eigenvalue weighted by Crippen LogP contribution is 1.80. The van der Waals surface area contributed by atoms with Gasteiger partial charge in [0.1, 0.15) is 6.04 Å². The van der Waals surface area contributed by atoms with Crippen LogP contribution >= 0.6 is 0 Å². The number of hydrogen-bond acceptors (Lipinski definition) is 3. The first-order valence-corrected chi connectivity index (χ1v) is 2.31. The number of ether oxygens (including phenoxy) is 1. The van der Waals surface area contributed by atoms with Crippen molar-refractivity contribution < 1.29 is 13.6 Å². The fourth-order valence-electron chi connectivity index (χ4n) is 0.232. The molecule has 0 radical (unpaired) electrons. The van der Waals surface area contributed by atoms with Gasteiger partial charge in [-0.3, -0.25) is 4.79 Å². The van der Waals surface area contributed by atoms with Crippen LogP contribution in [0.1, 0.15) is 17.9 Å². The Labute approximate surface area is 53.0 Å². The zero-order valence-electron chi connectivity index (χ0n) is 7.68. The van der Waals surface area contributed by atoms with Crippen LogP contribution in [0.2, 0.25) is 0 Å². The van der Waals surface area contributed by atoms with E-state index in [1.807, 2.05) is 0 Å².